The van der Waals surface area contributed by atoms with Gasteiger partial charge >= 0.3 is 0 Å². The molecule has 21 heavy (non-hydrogen) atoms. The number of rotatable bonds is 2. The maximum Gasteiger partial charge on any atom is 0.175 e. The second kappa shape index (κ2) is 6.10. The van der Waals surface area contributed by atoms with Crippen LogP contribution in [-0.4, -0.2) is 23.2 Å². The average molecular weight is 435 g/mol. The van der Waals surface area contributed by atoms with Gasteiger partial charge < -0.3 is 9.47 Å². The molecular weight excluding hydrogens is 423 g/mol. The zero-order chi connectivity index (χ0) is 15.0. The fraction of sp³-hybridized carbons (Fsp3) is 0.286. The highest BCUT2D eigenvalue weighted by Gasteiger charge is 2.19. The number of aryl methyl sites for hydroxylation is 1. The van der Waals surface area contributed by atoms with Crippen LogP contribution in [0.5, 0.6) is 11.5 Å². The van der Waals surface area contributed by atoms with E-state index in [1.807, 2.05) is 19.1 Å². The third-order valence-corrected chi connectivity index (χ3v) is 4.99. The van der Waals surface area contributed by atoms with Gasteiger partial charge in [-0.25, -0.2) is 9.97 Å². The number of halogens is 3. The zero-order valence-corrected chi connectivity index (χ0v) is 15.0. The van der Waals surface area contributed by atoms with Gasteiger partial charge in [0.2, 0.25) is 0 Å². The predicted octanol–water partition coefficient (Wildman–Crippen LogP) is 4.66. The van der Waals surface area contributed by atoms with Crippen LogP contribution >= 0.6 is 43.5 Å². The predicted molar refractivity (Wildman–Crippen MR) is 88.2 cm³/mol. The third-order valence-electron chi connectivity index (χ3n) is 3.07. The Labute approximate surface area is 144 Å². The highest BCUT2D eigenvalue weighted by atomic mass is 79.9. The van der Waals surface area contributed by atoms with Gasteiger partial charge in [0.05, 0.1) is 14.6 Å². The van der Waals surface area contributed by atoms with Crippen LogP contribution in [0.1, 0.15) is 12.6 Å². The van der Waals surface area contributed by atoms with Crippen molar-refractivity contribution in [2.45, 2.75) is 13.3 Å². The molecular formula is C14H11Br2ClN2O2. The molecule has 3 rings (SSSR count). The van der Waals surface area contributed by atoms with E-state index in [4.69, 9.17) is 21.1 Å². The molecule has 0 saturated heterocycles. The number of hydrogen-bond donors (Lipinski definition) is 0. The van der Waals surface area contributed by atoms with E-state index in [0.29, 0.717) is 35.7 Å². The van der Waals surface area contributed by atoms with E-state index >= 15 is 0 Å². The molecule has 0 N–H and O–H groups in total. The average Bonchev–Trinajstić information content (AvgIpc) is 2.50. The number of ether oxygens (including phenoxy) is 2. The summed E-state index contributed by atoms with van der Waals surface area (Å²) in [4.78, 5) is 8.88. The van der Waals surface area contributed by atoms with Crippen molar-refractivity contribution >= 4 is 43.5 Å². The number of aromatic nitrogens is 2. The van der Waals surface area contributed by atoms with Crippen LogP contribution in [0.15, 0.2) is 21.1 Å². The number of benzene rings is 1. The molecule has 0 unspecified atom stereocenters. The molecule has 110 valence electrons. The molecule has 0 spiro atoms. The first kappa shape index (κ1) is 15.1. The van der Waals surface area contributed by atoms with Gasteiger partial charge in [0.15, 0.2) is 17.3 Å². The summed E-state index contributed by atoms with van der Waals surface area (Å²) in [5.74, 6) is 1.97. The SMILES string of the molecule is CCc1nc(-c2cc(Br)c3c(c2)OCCO3)nc(Cl)c1Br. The monoisotopic (exact) mass is 432 g/mol. The van der Waals surface area contributed by atoms with Crippen molar-refractivity contribution in [2.75, 3.05) is 13.2 Å². The molecule has 0 fully saturated rings. The van der Waals surface area contributed by atoms with Crippen LogP contribution in [-0.2, 0) is 6.42 Å². The van der Waals surface area contributed by atoms with Crippen molar-refractivity contribution in [1.29, 1.82) is 0 Å². The van der Waals surface area contributed by atoms with Crippen LogP contribution in [0.3, 0.4) is 0 Å². The molecule has 4 nitrogen and oxygen atoms in total. The van der Waals surface area contributed by atoms with Gasteiger partial charge in [-0.1, -0.05) is 18.5 Å². The molecule has 0 bridgehead atoms. The molecule has 2 heterocycles. The van der Waals surface area contributed by atoms with Crippen LogP contribution < -0.4 is 9.47 Å². The maximum absolute atomic E-state index is 6.17. The Morgan fingerprint density at radius 2 is 1.95 bits per heavy atom. The summed E-state index contributed by atoms with van der Waals surface area (Å²) in [5.41, 5.74) is 1.70. The lowest BCUT2D eigenvalue weighted by atomic mass is 10.1. The molecule has 0 saturated carbocycles. The van der Waals surface area contributed by atoms with Gasteiger partial charge in [0.1, 0.15) is 18.4 Å². The lowest BCUT2D eigenvalue weighted by Crippen LogP contribution is -2.15. The van der Waals surface area contributed by atoms with E-state index in [2.05, 4.69) is 41.8 Å². The molecule has 0 amide bonds. The number of hydrogen-bond acceptors (Lipinski definition) is 4. The summed E-state index contributed by atoms with van der Waals surface area (Å²) in [6.45, 7) is 3.10. The van der Waals surface area contributed by atoms with Crippen molar-refractivity contribution in [3.63, 3.8) is 0 Å². The van der Waals surface area contributed by atoms with E-state index in [9.17, 15) is 0 Å². The standard InChI is InChI=1S/C14H11Br2ClN2O2/c1-2-9-11(16)13(17)19-14(18-9)7-5-8(15)12-10(6-7)20-3-4-21-12/h5-6H,2-4H2,1H3. The summed E-state index contributed by atoms with van der Waals surface area (Å²) < 4.78 is 12.8. The first-order valence-corrected chi connectivity index (χ1v) is 8.38. The van der Waals surface area contributed by atoms with Crippen LogP contribution in [0.25, 0.3) is 11.4 Å². The molecule has 1 aliphatic rings. The Balaban J connectivity index is 2.13. The van der Waals surface area contributed by atoms with Crippen molar-refractivity contribution in [2.24, 2.45) is 0 Å². The quantitative estimate of drug-likeness (QED) is 0.645. The minimum atomic E-state index is 0.405. The highest BCUT2D eigenvalue weighted by Crippen LogP contribution is 2.41. The van der Waals surface area contributed by atoms with Gasteiger partial charge in [-0.05, 0) is 50.4 Å². The van der Waals surface area contributed by atoms with Crippen LogP contribution in [0.2, 0.25) is 5.15 Å². The van der Waals surface area contributed by atoms with Crippen LogP contribution in [0, 0.1) is 0 Å². The maximum atomic E-state index is 6.17. The highest BCUT2D eigenvalue weighted by molar-refractivity contribution is 9.11. The van der Waals surface area contributed by atoms with Gasteiger partial charge in [0.25, 0.3) is 0 Å². The molecule has 0 radical (unpaired) electrons. The van der Waals surface area contributed by atoms with Gasteiger partial charge in [-0.3, -0.25) is 0 Å². The summed E-state index contributed by atoms with van der Waals surface area (Å²) >= 11 is 13.1. The molecule has 7 heteroatoms. The second-order valence-electron chi connectivity index (χ2n) is 4.43. The number of fused-ring (bicyclic) bond motifs is 1. The van der Waals surface area contributed by atoms with Crippen LogP contribution in [0.4, 0.5) is 0 Å². The zero-order valence-electron chi connectivity index (χ0n) is 11.1. The largest absolute Gasteiger partial charge is 0.486 e. The first-order valence-electron chi connectivity index (χ1n) is 6.41. The van der Waals surface area contributed by atoms with Gasteiger partial charge in [-0.15, -0.1) is 0 Å². The van der Waals surface area contributed by atoms with Crippen molar-refractivity contribution in [3.8, 4) is 22.9 Å². The molecule has 2 aromatic rings. The minimum Gasteiger partial charge on any atom is -0.486 e. The van der Waals surface area contributed by atoms with E-state index < -0.39 is 0 Å². The van der Waals surface area contributed by atoms with Crippen molar-refractivity contribution in [3.05, 3.63) is 31.9 Å². The third kappa shape index (κ3) is 2.89. The Hall–Kier alpha value is -0.850. The van der Waals surface area contributed by atoms with E-state index in [-0.39, 0.29) is 0 Å². The summed E-state index contributed by atoms with van der Waals surface area (Å²) in [6.07, 6.45) is 0.765. The summed E-state index contributed by atoms with van der Waals surface area (Å²) in [6, 6.07) is 3.78. The fourth-order valence-electron chi connectivity index (χ4n) is 2.07. The molecule has 1 aromatic heterocycles. The Bertz CT molecular complexity index is 710. The van der Waals surface area contributed by atoms with E-state index in [1.54, 1.807) is 0 Å². The number of nitrogens with zero attached hydrogens (tertiary/aromatic N) is 2. The lowest BCUT2D eigenvalue weighted by molar-refractivity contribution is 0.170. The Kier molecular flexibility index (Phi) is 4.38. The molecule has 1 aromatic carbocycles. The summed E-state index contributed by atoms with van der Waals surface area (Å²) in [5, 5.41) is 0.405. The van der Waals surface area contributed by atoms with Gasteiger partial charge in [0, 0.05) is 5.56 Å². The van der Waals surface area contributed by atoms with E-state index in [0.717, 1.165) is 26.6 Å². The Morgan fingerprint density at radius 1 is 1.19 bits per heavy atom. The molecule has 1 aliphatic heterocycles. The minimum absolute atomic E-state index is 0.405. The molecule has 0 atom stereocenters. The van der Waals surface area contributed by atoms with Gasteiger partial charge in [-0.2, -0.15) is 0 Å². The lowest BCUT2D eigenvalue weighted by Gasteiger charge is -2.20. The fourth-order valence-corrected chi connectivity index (χ4v) is 3.27. The normalized spacial score (nSPS) is 13.3. The molecule has 0 aliphatic carbocycles. The first-order chi connectivity index (χ1) is 10.1. The van der Waals surface area contributed by atoms with Crippen molar-refractivity contribution in [1.82, 2.24) is 9.97 Å². The topological polar surface area (TPSA) is 44.2 Å². The van der Waals surface area contributed by atoms with E-state index in [1.165, 1.54) is 0 Å². The Morgan fingerprint density at radius 3 is 2.71 bits per heavy atom. The van der Waals surface area contributed by atoms with Crippen molar-refractivity contribution < 1.29 is 9.47 Å². The smallest absolute Gasteiger partial charge is 0.175 e. The summed E-state index contributed by atoms with van der Waals surface area (Å²) in [7, 11) is 0. The second-order valence-corrected chi connectivity index (χ2v) is 6.44.